The summed E-state index contributed by atoms with van der Waals surface area (Å²) in [6.45, 7) is 5.47. The minimum Gasteiger partial charge on any atom is -0.496 e. The third-order valence-electron chi connectivity index (χ3n) is 4.29. The molecular weight excluding hydrogens is 258 g/mol. The van der Waals surface area contributed by atoms with Gasteiger partial charge >= 0.3 is 0 Å². The molecule has 2 nitrogen and oxygen atoms in total. The Morgan fingerprint density at radius 1 is 1.32 bits per heavy atom. The van der Waals surface area contributed by atoms with Gasteiger partial charge in [-0.1, -0.05) is 37.9 Å². The van der Waals surface area contributed by atoms with Gasteiger partial charge in [0.2, 0.25) is 0 Å². The first-order chi connectivity index (χ1) is 9.11. The van der Waals surface area contributed by atoms with Crippen LogP contribution in [0.4, 0.5) is 0 Å². The maximum Gasteiger partial charge on any atom is 0.124 e. The van der Waals surface area contributed by atoms with Crippen LogP contribution in [0.2, 0.25) is 5.02 Å². The highest BCUT2D eigenvalue weighted by Gasteiger charge is 2.25. The van der Waals surface area contributed by atoms with Crippen LogP contribution < -0.4 is 10.1 Å². The van der Waals surface area contributed by atoms with E-state index in [1.54, 1.807) is 7.11 Å². The summed E-state index contributed by atoms with van der Waals surface area (Å²) in [4.78, 5) is 0. The molecule has 1 aliphatic carbocycles. The van der Waals surface area contributed by atoms with Crippen LogP contribution in [-0.4, -0.2) is 13.2 Å². The Morgan fingerprint density at radius 2 is 2.11 bits per heavy atom. The lowest BCUT2D eigenvalue weighted by atomic mass is 9.80. The molecule has 0 amide bonds. The summed E-state index contributed by atoms with van der Waals surface area (Å²) in [6, 6.07) is 6.41. The smallest absolute Gasteiger partial charge is 0.124 e. The molecule has 3 heteroatoms. The van der Waals surface area contributed by atoms with Crippen LogP contribution >= 0.6 is 11.6 Å². The van der Waals surface area contributed by atoms with Crippen molar-refractivity contribution in [3.05, 3.63) is 28.8 Å². The van der Waals surface area contributed by atoms with Crippen molar-refractivity contribution < 1.29 is 4.74 Å². The van der Waals surface area contributed by atoms with Gasteiger partial charge in [-0.15, -0.1) is 0 Å². The molecule has 1 N–H and O–H groups in total. The van der Waals surface area contributed by atoms with E-state index in [2.05, 4.69) is 19.2 Å². The van der Waals surface area contributed by atoms with Crippen molar-refractivity contribution in [1.82, 2.24) is 5.32 Å². The Labute approximate surface area is 121 Å². The predicted octanol–water partition coefficient (Wildman–Crippen LogP) is 4.26. The minimum absolute atomic E-state index is 0.588. The van der Waals surface area contributed by atoms with Crippen molar-refractivity contribution in [2.45, 2.75) is 45.7 Å². The van der Waals surface area contributed by atoms with Gasteiger partial charge in [0.25, 0.3) is 0 Å². The molecule has 0 bridgehead atoms. The van der Waals surface area contributed by atoms with Crippen LogP contribution in [0.3, 0.4) is 0 Å². The quantitative estimate of drug-likeness (QED) is 0.890. The molecule has 3 unspecified atom stereocenters. The molecule has 0 aliphatic heterocycles. The van der Waals surface area contributed by atoms with Crippen molar-refractivity contribution in [3.63, 3.8) is 0 Å². The van der Waals surface area contributed by atoms with E-state index in [0.29, 0.717) is 6.04 Å². The molecule has 0 radical (unpaired) electrons. The van der Waals surface area contributed by atoms with Crippen LogP contribution in [-0.2, 0) is 6.54 Å². The maximum absolute atomic E-state index is 6.27. The highest BCUT2D eigenvalue weighted by atomic mass is 35.5. The van der Waals surface area contributed by atoms with Gasteiger partial charge in [0.1, 0.15) is 5.75 Å². The average Bonchev–Trinajstić information content (AvgIpc) is 2.40. The standard InChI is InChI=1S/C16H24ClNO/c1-11-7-8-12(2)15(9-11)18-10-13-14(17)5-4-6-16(13)19-3/h4-6,11-12,15,18H,7-10H2,1-3H3. The van der Waals surface area contributed by atoms with Gasteiger partial charge < -0.3 is 10.1 Å². The lowest BCUT2D eigenvalue weighted by Gasteiger charge is -2.33. The fourth-order valence-corrected chi connectivity index (χ4v) is 3.18. The van der Waals surface area contributed by atoms with Gasteiger partial charge in [-0.3, -0.25) is 0 Å². The van der Waals surface area contributed by atoms with Crippen molar-refractivity contribution in [3.8, 4) is 5.75 Å². The fraction of sp³-hybridized carbons (Fsp3) is 0.625. The van der Waals surface area contributed by atoms with E-state index in [9.17, 15) is 0 Å². The first-order valence-corrected chi connectivity index (χ1v) is 7.54. The molecule has 1 aromatic rings. The van der Waals surface area contributed by atoms with Crippen LogP contribution in [0.25, 0.3) is 0 Å². The van der Waals surface area contributed by atoms with Crippen molar-refractivity contribution in [2.24, 2.45) is 11.8 Å². The molecule has 1 saturated carbocycles. The predicted molar refractivity (Wildman–Crippen MR) is 80.8 cm³/mol. The summed E-state index contributed by atoms with van der Waals surface area (Å²) in [7, 11) is 1.69. The number of benzene rings is 1. The average molecular weight is 282 g/mol. The zero-order valence-electron chi connectivity index (χ0n) is 12.1. The third kappa shape index (κ3) is 3.64. The summed E-state index contributed by atoms with van der Waals surface area (Å²) < 4.78 is 5.39. The van der Waals surface area contributed by atoms with Crippen molar-refractivity contribution >= 4 is 11.6 Å². The summed E-state index contributed by atoms with van der Waals surface area (Å²) in [6.07, 6.45) is 3.93. The molecule has 0 heterocycles. The molecule has 0 saturated heterocycles. The van der Waals surface area contributed by atoms with Gasteiger partial charge in [-0.2, -0.15) is 0 Å². The highest BCUT2D eigenvalue weighted by molar-refractivity contribution is 6.31. The number of hydrogen-bond acceptors (Lipinski definition) is 2. The van der Waals surface area contributed by atoms with Crippen LogP contribution in [0.15, 0.2) is 18.2 Å². The van der Waals surface area contributed by atoms with Crippen LogP contribution in [0.1, 0.15) is 38.7 Å². The second-order valence-corrected chi connectivity index (χ2v) is 6.21. The van der Waals surface area contributed by atoms with E-state index in [1.165, 1.54) is 19.3 Å². The topological polar surface area (TPSA) is 21.3 Å². The first-order valence-electron chi connectivity index (χ1n) is 7.16. The van der Waals surface area contributed by atoms with Gasteiger partial charge in [-0.25, -0.2) is 0 Å². The Kier molecular flexibility index (Phi) is 5.12. The molecule has 106 valence electrons. The summed E-state index contributed by atoms with van der Waals surface area (Å²) in [5.74, 6) is 2.43. The molecule has 1 aliphatic rings. The van der Waals surface area contributed by atoms with Gasteiger partial charge in [0.05, 0.1) is 7.11 Å². The normalized spacial score (nSPS) is 27.3. The Balaban J connectivity index is 2.02. The zero-order valence-corrected chi connectivity index (χ0v) is 12.8. The lowest BCUT2D eigenvalue weighted by Crippen LogP contribution is -2.39. The molecule has 3 atom stereocenters. The Hall–Kier alpha value is -0.730. The SMILES string of the molecule is COc1cccc(Cl)c1CNC1CC(C)CCC1C. The van der Waals surface area contributed by atoms with Gasteiger partial charge in [0, 0.05) is 23.2 Å². The van der Waals surface area contributed by atoms with E-state index in [4.69, 9.17) is 16.3 Å². The molecule has 2 rings (SSSR count). The van der Waals surface area contributed by atoms with E-state index in [1.807, 2.05) is 18.2 Å². The van der Waals surface area contributed by atoms with E-state index < -0.39 is 0 Å². The monoisotopic (exact) mass is 281 g/mol. The molecule has 19 heavy (non-hydrogen) atoms. The number of halogens is 1. The number of ether oxygens (including phenoxy) is 1. The Morgan fingerprint density at radius 3 is 2.84 bits per heavy atom. The number of hydrogen-bond donors (Lipinski definition) is 1. The van der Waals surface area contributed by atoms with Crippen LogP contribution in [0, 0.1) is 11.8 Å². The molecule has 0 spiro atoms. The summed E-state index contributed by atoms with van der Waals surface area (Å²) >= 11 is 6.27. The second-order valence-electron chi connectivity index (χ2n) is 5.80. The summed E-state index contributed by atoms with van der Waals surface area (Å²) in [5.41, 5.74) is 1.07. The largest absolute Gasteiger partial charge is 0.496 e. The first kappa shape index (κ1) is 14.7. The lowest BCUT2D eigenvalue weighted by molar-refractivity contribution is 0.227. The number of methoxy groups -OCH3 is 1. The number of rotatable bonds is 4. The van der Waals surface area contributed by atoms with Crippen molar-refractivity contribution in [2.75, 3.05) is 7.11 Å². The molecule has 1 aromatic carbocycles. The highest BCUT2D eigenvalue weighted by Crippen LogP contribution is 2.30. The number of nitrogens with one attached hydrogen (secondary N) is 1. The maximum atomic E-state index is 6.27. The second kappa shape index (κ2) is 6.62. The van der Waals surface area contributed by atoms with E-state index in [0.717, 1.165) is 34.7 Å². The molecular formula is C16H24ClNO. The fourth-order valence-electron chi connectivity index (χ4n) is 2.95. The van der Waals surface area contributed by atoms with Gasteiger partial charge in [0.15, 0.2) is 0 Å². The van der Waals surface area contributed by atoms with Gasteiger partial charge in [-0.05, 0) is 36.8 Å². The zero-order chi connectivity index (χ0) is 13.8. The van der Waals surface area contributed by atoms with Crippen molar-refractivity contribution in [1.29, 1.82) is 0 Å². The minimum atomic E-state index is 0.588. The van der Waals surface area contributed by atoms with E-state index >= 15 is 0 Å². The molecule has 1 fully saturated rings. The molecule has 0 aromatic heterocycles. The van der Waals surface area contributed by atoms with Crippen LogP contribution in [0.5, 0.6) is 5.75 Å². The van der Waals surface area contributed by atoms with E-state index in [-0.39, 0.29) is 0 Å². The summed E-state index contributed by atoms with van der Waals surface area (Å²) in [5, 5.41) is 4.45. The third-order valence-corrected chi connectivity index (χ3v) is 4.65. The Bertz CT molecular complexity index is 421.